The molecule has 1 aliphatic rings. The number of hydrogen-bond acceptors (Lipinski definition) is 2. The van der Waals surface area contributed by atoms with E-state index in [2.05, 4.69) is 19.2 Å². The fourth-order valence-corrected chi connectivity index (χ4v) is 2.53. The van der Waals surface area contributed by atoms with Crippen LogP contribution in [0.4, 0.5) is 10.5 Å². The molecule has 2 rings (SSSR count). The van der Waals surface area contributed by atoms with Gasteiger partial charge in [0.1, 0.15) is 0 Å². The lowest BCUT2D eigenvalue weighted by Crippen LogP contribution is -2.44. The van der Waals surface area contributed by atoms with Crippen LogP contribution < -0.4 is 5.32 Å². The molecule has 1 aliphatic heterocycles. The van der Waals surface area contributed by atoms with E-state index < -0.39 is 5.97 Å². The zero-order valence-electron chi connectivity index (χ0n) is 12.5. The van der Waals surface area contributed by atoms with Crippen LogP contribution in [0.1, 0.15) is 25.8 Å². The van der Waals surface area contributed by atoms with Crippen LogP contribution >= 0.6 is 0 Å². The Labute approximate surface area is 125 Å². The van der Waals surface area contributed by atoms with Gasteiger partial charge in [0, 0.05) is 18.8 Å². The molecule has 0 saturated carbocycles. The number of urea groups is 1. The van der Waals surface area contributed by atoms with Crippen LogP contribution in [0.15, 0.2) is 24.3 Å². The molecule has 0 bridgehead atoms. The fourth-order valence-electron chi connectivity index (χ4n) is 2.53. The smallest absolute Gasteiger partial charge is 0.321 e. The van der Waals surface area contributed by atoms with Crippen LogP contribution in [0.5, 0.6) is 0 Å². The Morgan fingerprint density at radius 1 is 1.24 bits per heavy atom. The summed E-state index contributed by atoms with van der Waals surface area (Å²) in [5.41, 5.74) is 1.42. The molecule has 0 radical (unpaired) electrons. The lowest BCUT2D eigenvalue weighted by Gasteiger charge is -2.35. The van der Waals surface area contributed by atoms with E-state index in [4.69, 9.17) is 5.11 Å². The van der Waals surface area contributed by atoms with E-state index in [-0.39, 0.29) is 12.5 Å². The Kier molecular flexibility index (Phi) is 4.83. The monoisotopic (exact) mass is 290 g/mol. The normalized spacial score (nSPS) is 21.9. The van der Waals surface area contributed by atoms with Crippen molar-refractivity contribution in [2.24, 2.45) is 11.8 Å². The number of piperidine rings is 1. The van der Waals surface area contributed by atoms with E-state index in [0.717, 1.165) is 25.1 Å². The average Bonchev–Trinajstić information content (AvgIpc) is 2.43. The second-order valence-electron chi connectivity index (χ2n) is 5.89. The van der Waals surface area contributed by atoms with Crippen LogP contribution in [0.25, 0.3) is 0 Å². The summed E-state index contributed by atoms with van der Waals surface area (Å²) in [4.78, 5) is 24.7. The van der Waals surface area contributed by atoms with Crippen LogP contribution in [0.3, 0.4) is 0 Å². The van der Waals surface area contributed by atoms with Crippen molar-refractivity contribution in [3.05, 3.63) is 29.8 Å². The Bertz CT molecular complexity index is 513. The van der Waals surface area contributed by atoms with Gasteiger partial charge < -0.3 is 15.3 Å². The summed E-state index contributed by atoms with van der Waals surface area (Å²) in [5, 5.41) is 11.6. The number of anilines is 1. The summed E-state index contributed by atoms with van der Waals surface area (Å²) in [6.45, 7) is 5.96. The number of carboxylic acids is 1. The molecular formula is C16H22N2O3. The van der Waals surface area contributed by atoms with Gasteiger partial charge in [0.25, 0.3) is 0 Å². The molecule has 114 valence electrons. The maximum Gasteiger partial charge on any atom is 0.321 e. The van der Waals surface area contributed by atoms with Crippen molar-refractivity contribution in [1.82, 2.24) is 4.90 Å². The number of aliphatic carboxylic acids is 1. The number of nitrogens with zero attached hydrogens (tertiary/aromatic N) is 1. The molecule has 21 heavy (non-hydrogen) atoms. The number of carboxylic acid groups (broad SMARTS) is 1. The second-order valence-corrected chi connectivity index (χ2v) is 5.89. The van der Waals surface area contributed by atoms with E-state index in [9.17, 15) is 9.59 Å². The molecule has 0 spiro atoms. The number of likely N-dealkylation sites (tertiary alicyclic amines) is 1. The predicted molar refractivity (Wildman–Crippen MR) is 81.3 cm³/mol. The van der Waals surface area contributed by atoms with Gasteiger partial charge in [-0.1, -0.05) is 26.0 Å². The molecule has 1 aromatic carbocycles. The van der Waals surface area contributed by atoms with Crippen LogP contribution in [-0.2, 0) is 11.2 Å². The van der Waals surface area contributed by atoms with Gasteiger partial charge in [-0.25, -0.2) is 4.79 Å². The highest BCUT2D eigenvalue weighted by atomic mass is 16.4. The summed E-state index contributed by atoms with van der Waals surface area (Å²) in [7, 11) is 0. The summed E-state index contributed by atoms with van der Waals surface area (Å²) < 4.78 is 0. The number of benzene rings is 1. The molecule has 0 aromatic heterocycles. The number of carbonyl (C=O) groups is 2. The lowest BCUT2D eigenvalue weighted by molar-refractivity contribution is -0.136. The summed E-state index contributed by atoms with van der Waals surface area (Å²) in [6, 6.07) is 6.85. The van der Waals surface area contributed by atoms with E-state index in [1.165, 1.54) is 0 Å². The Hall–Kier alpha value is -2.04. The fraction of sp³-hybridized carbons (Fsp3) is 0.500. The molecular weight excluding hydrogens is 268 g/mol. The van der Waals surface area contributed by atoms with Crippen molar-refractivity contribution in [2.75, 3.05) is 18.4 Å². The predicted octanol–water partition coefficient (Wildman–Crippen LogP) is 2.82. The topological polar surface area (TPSA) is 69.6 Å². The van der Waals surface area contributed by atoms with Gasteiger partial charge in [0.15, 0.2) is 0 Å². The first-order chi connectivity index (χ1) is 9.95. The maximum absolute atomic E-state index is 12.2. The Morgan fingerprint density at radius 3 is 2.48 bits per heavy atom. The van der Waals surface area contributed by atoms with Gasteiger partial charge in [-0.05, 0) is 36.0 Å². The third-order valence-electron chi connectivity index (χ3n) is 4.18. The highest BCUT2D eigenvalue weighted by Gasteiger charge is 2.25. The maximum atomic E-state index is 12.2. The number of rotatable bonds is 3. The molecule has 1 fully saturated rings. The minimum atomic E-state index is -0.858. The molecule has 1 aromatic rings. The van der Waals surface area contributed by atoms with E-state index in [1.54, 1.807) is 24.3 Å². The molecule has 2 N–H and O–H groups in total. The zero-order chi connectivity index (χ0) is 15.4. The largest absolute Gasteiger partial charge is 0.481 e. The van der Waals surface area contributed by atoms with Crippen molar-refractivity contribution in [3.8, 4) is 0 Å². The minimum Gasteiger partial charge on any atom is -0.481 e. The highest BCUT2D eigenvalue weighted by Crippen LogP contribution is 2.23. The third-order valence-corrected chi connectivity index (χ3v) is 4.18. The Balaban J connectivity index is 1.92. The number of carbonyl (C=O) groups excluding carboxylic acids is 1. The second kappa shape index (κ2) is 6.61. The van der Waals surface area contributed by atoms with Crippen LogP contribution in [0, 0.1) is 11.8 Å². The van der Waals surface area contributed by atoms with Crippen molar-refractivity contribution >= 4 is 17.7 Å². The number of hydrogen-bond donors (Lipinski definition) is 2. The highest BCUT2D eigenvalue weighted by molar-refractivity contribution is 5.89. The molecule has 0 aliphatic carbocycles. The van der Waals surface area contributed by atoms with E-state index in [1.807, 2.05) is 4.90 Å². The zero-order valence-corrected chi connectivity index (χ0v) is 12.5. The van der Waals surface area contributed by atoms with Crippen molar-refractivity contribution in [3.63, 3.8) is 0 Å². The lowest BCUT2D eigenvalue weighted by atomic mass is 9.89. The first kappa shape index (κ1) is 15.4. The molecule has 1 heterocycles. The standard InChI is InChI=1S/C16H22N2O3/c1-11-7-8-18(10-12(11)2)16(21)17-14-5-3-13(4-6-14)9-15(19)20/h3-6,11-12H,7-10H2,1-2H3,(H,17,21)(H,19,20). The first-order valence-corrected chi connectivity index (χ1v) is 7.32. The van der Waals surface area contributed by atoms with Crippen molar-refractivity contribution in [2.45, 2.75) is 26.7 Å². The molecule has 2 amide bonds. The minimum absolute atomic E-state index is 0.00421. The summed E-state index contributed by atoms with van der Waals surface area (Å²) >= 11 is 0. The third kappa shape index (κ3) is 4.21. The van der Waals surface area contributed by atoms with Crippen LogP contribution in [-0.4, -0.2) is 35.1 Å². The number of amides is 2. The van der Waals surface area contributed by atoms with Gasteiger partial charge in [-0.3, -0.25) is 4.79 Å². The first-order valence-electron chi connectivity index (χ1n) is 7.32. The van der Waals surface area contributed by atoms with Gasteiger partial charge in [0.05, 0.1) is 6.42 Å². The quantitative estimate of drug-likeness (QED) is 0.899. The molecule has 5 nitrogen and oxygen atoms in total. The van der Waals surface area contributed by atoms with E-state index in [0.29, 0.717) is 17.5 Å². The summed E-state index contributed by atoms with van der Waals surface area (Å²) in [6.07, 6.45) is 1.03. The van der Waals surface area contributed by atoms with Crippen molar-refractivity contribution in [1.29, 1.82) is 0 Å². The molecule has 5 heteroatoms. The molecule has 2 atom stereocenters. The van der Waals surface area contributed by atoms with Crippen molar-refractivity contribution < 1.29 is 14.7 Å². The Morgan fingerprint density at radius 2 is 1.90 bits per heavy atom. The SMILES string of the molecule is CC1CCN(C(=O)Nc2ccc(CC(=O)O)cc2)CC1C. The van der Waals surface area contributed by atoms with Crippen LogP contribution in [0.2, 0.25) is 0 Å². The van der Waals surface area contributed by atoms with E-state index >= 15 is 0 Å². The van der Waals surface area contributed by atoms with Gasteiger partial charge in [-0.2, -0.15) is 0 Å². The molecule has 2 unspecified atom stereocenters. The van der Waals surface area contributed by atoms with Gasteiger partial charge in [-0.15, -0.1) is 0 Å². The molecule has 1 saturated heterocycles. The van der Waals surface area contributed by atoms with Gasteiger partial charge >= 0.3 is 12.0 Å². The summed E-state index contributed by atoms with van der Waals surface area (Å²) in [5.74, 6) is 0.315. The number of nitrogens with one attached hydrogen (secondary N) is 1. The van der Waals surface area contributed by atoms with Gasteiger partial charge in [0.2, 0.25) is 0 Å². The average molecular weight is 290 g/mol.